The van der Waals surface area contributed by atoms with E-state index in [-0.39, 0.29) is 6.10 Å². The van der Waals surface area contributed by atoms with Gasteiger partial charge in [0.15, 0.2) is 0 Å². The highest BCUT2D eigenvalue weighted by Crippen LogP contribution is 2.02. The van der Waals surface area contributed by atoms with E-state index in [1.54, 1.807) is 0 Å². The number of halogens is 1. The van der Waals surface area contributed by atoms with Crippen molar-refractivity contribution in [3.05, 3.63) is 0 Å². The fourth-order valence-corrected chi connectivity index (χ4v) is 1.33. The summed E-state index contributed by atoms with van der Waals surface area (Å²) < 4.78 is 2.91. The minimum Gasteiger partial charge on any atom is -0.392 e. The maximum absolute atomic E-state index is 9.21. The summed E-state index contributed by atoms with van der Waals surface area (Å²) in [4.78, 5) is 0. The summed E-state index contributed by atoms with van der Waals surface area (Å²) in [6.45, 7) is 2.88. The summed E-state index contributed by atoms with van der Waals surface area (Å²) in [6, 6.07) is 0. The molecule has 2 nitrogen and oxygen atoms in total. The van der Waals surface area contributed by atoms with Gasteiger partial charge in [0.25, 0.3) is 0 Å². The third kappa shape index (κ3) is 6.77. The number of rotatable bonds is 6. The Balaban J connectivity index is 2.97. The van der Waals surface area contributed by atoms with E-state index in [0.717, 1.165) is 12.8 Å². The number of hydrogen-bond donors (Lipinski definition) is 2. The Hall–Kier alpha value is 0.650. The van der Waals surface area contributed by atoms with Crippen molar-refractivity contribution < 1.29 is 5.11 Å². The molecule has 3 heteroatoms. The third-order valence-electron chi connectivity index (χ3n) is 1.45. The first kappa shape index (κ1) is 10.7. The first-order chi connectivity index (χ1) is 4.81. The van der Waals surface area contributed by atoms with Gasteiger partial charge in [0.1, 0.15) is 0 Å². The van der Waals surface area contributed by atoms with E-state index in [9.17, 15) is 5.11 Å². The van der Waals surface area contributed by atoms with Gasteiger partial charge in [0, 0.05) is 29.4 Å². The van der Waals surface area contributed by atoms with Crippen LogP contribution in [0.1, 0.15) is 32.6 Å². The fraction of sp³-hybridized carbons (Fsp3) is 1.00. The van der Waals surface area contributed by atoms with Crippen molar-refractivity contribution in [1.82, 2.24) is 3.53 Å². The number of nitrogens with one attached hydrogen (secondary N) is 1. The van der Waals surface area contributed by atoms with Gasteiger partial charge in [-0.2, -0.15) is 0 Å². The van der Waals surface area contributed by atoms with Crippen LogP contribution in [0.5, 0.6) is 0 Å². The van der Waals surface area contributed by atoms with Gasteiger partial charge in [-0.05, 0) is 6.42 Å². The minimum atomic E-state index is -0.150. The van der Waals surface area contributed by atoms with Crippen LogP contribution in [0.2, 0.25) is 0 Å². The lowest BCUT2D eigenvalue weighted by Crippen LogP contribution is -2.19. The second-order valence-electron chi connectivity index (χ2n) is 2.49. The molecule has 2 N–H and O–H groups in total. The summed E-state index contributed by atoms with van der Waals surface area (Å²) in [7, 11) is 0. The lowest BCUT2D eigenvalue weighted by Gasteiger charge is -2.07. The second kappa shape index (κ2) is 7.75. The number of aliphatic hydroxyl groups excluding tert-OH is 1. The Morgan fingerprint density at radius 3 is 2.70 bits per heavy atom. The molecule has 0 aromatic rings. The Bertz CT molecular complexity index is 70.6. The first-order valence-corrected chi connectivity index (χ1v) is 4.90. The quantitative estimate of drug-likeness (QED) is 0.432. The molecule has 0 saturated carbocycles. The Morgan fingerprint density at radius 1 is 1.50 bits per heavy atom. The molecule has 0 aliphatic carbocycles. The molecule has 0 saturated heterocycles. The molecule has 0 aliphatic heterocycles. The van der Waals surface area contributed by atoms with E-state index in [0.29, 0.717) is 6.54 Å². The number of aliphatic hydroxyl groups is 1. The Kier molecular flexibility index (Phi) is 8.26. The number of unbranched alkanes of at least 4 members (excludes halogenated alkanes) is 2. The molecule has 0 aromatic heterocycles. The summed E-state index contributed by atoms with van der Waals surface area (Å²) >= 11 is 2.05. The van der Waals surface area contributed by atoms with Crippen LogP contribution in [-0.4, -0.2) is 17.8 Å². The maximum atomic E-state index is 9.21. The molecule has 1 atom stereocenters. The van der Waals surface area contributed by atoms with Crippen LogP contribution in [0.25, 0.3) is 0 Å². The largest absolute Gasteiger partial charge is 0.392 e. The van der Waals surface area contributed by atoms with Crippen LogP contribution >= 0.6 is 22.9 Å². The van der Waals surface area contributed by atoms with Crippen molar-refractivity contribution in [3.8, 4) is 0 Å². The zero-order valence-electron chi connectivity index (χ0n) is 6.44. The molecule has 0 amide bonds. The number of hydrogen-bond acceptors (Lipinski definition) is 2. The van der Waals surface area contributed by atoms with Crippen molar-refractivity contribution in [2.45, 2.75) is 38.7 Å². The van der Waals surface area contributed by atoms with Crippen molar-refractivity contribution in [2.24, 2.45) is 0 Å². The van der Waals surface area contributed by atoms with Crippen LogP contribution in [0.15, 0.2) is 0 Å². The highest BCUT2D eigenvalue weighted by atomic mass is 127. The zero-order chi connectivity index (χ0) is 7.82. The van der Waals surface area contributed by atoms with Crippen LogP contribution in [-0.2, 0) is 0 Å². The molecule has 10 heavy (non-hydrogen) atoms. The molecular formula is C7H16INO. The van der Waals surface area contributed by atoms with E-state index in [4.69, 9.17) is 0 Å². The molecule has 0 fully saturated rings. The average Bonchev–Trinajstić information content (AvgIpc) is 1.89. The second-order valence-corrected chi connectivity index (χ2v) is 3.25. The van der Waals surface area contributed by atoms with Crippen molar-refractivity contribution in [2.75, 3.05) is 6.54 Å². The van der Waals surface area contributed by atoms with Crippen LogP contribution < -0.4 is 3.53 Å². The van der Waals surface area contributed by atoms with Gasteiger partial charge < -0.3 is 5.11 Å². The topological polar surface area (TPSA) is 32.3 Å². The summed E-state index contributed by atoms with van der Waals surface area (Å²) in [5.41, 5.74) is 0. The summed E-state index contributed by atoms with van der Waals surface area (Å²) in [6.07, 6.45) is 4.39. The van der Waals surface area contributed by atoms with Gasteiger partial charge in [0.2, 0.25) is 0 Å². The standard InChI is InChI=1S/C7H16INO/c1-2-3-4-5-7(10)6-9-8/h7,9-10H,2-6H2,1H3. The van der Waals surface area contributed by atoms with Crippen molar-refractivity contribution in [3.63, 3.8) is 0 Å². The highest BCUT2D eigenvalue weighted by Gasteiger charge is 2.00. The van der Waals surface area contributed by atoms with Gasteiger partial charge in [0.05, 0.1) is 6.10 Å². The van der Waals surface area contributed by atoms with E-state index >= 15 is 0 Å². The van der Waals surface area contributed by atoms with Gasteiger partial charge in [-0.15, -0.1) is 0 Å². The summed E-state index contributed by atoms with van der Waals surface area (Å²) in [5.74, 6) is 0. The van der Waals surface area contributed by atoms with Crippen LogP contribution in [0, 0.1) is 0 Å². The zero-order valence-corrected chi connectivity index (χ0v) is 8.60. The Morgan fingerprint density at radius 2 is 2.20 bits per heavy atom. The molecule has 0 aliphatic rings. The monoisotopic (exact) mass is 257 g/mol. The van der Waals surface area contributed by atoms with Crippen LogP contribution in [0.4, 0.5) is 0 Å². The van der Waals surface area contributed by atoms with E-state index in [1.807, 2.05) is 0 Å². The summed E-state index contributed by atoms with van der Waals surface area (Å²) in [5, 5.41) is 9.21. The normalized spacial score (nSPS) is 13.5. The molecule has 0 aromatic carbocycles. The predicted molar refractivity (Wildman–Crippen MR) is 52.2 cm³/mol. The smallest absolute Gasteiger partial charge is 0.0672 e. The molecule has 0 spiro atoms. The van der Waals surface area contributed by atoms with E-state index < -0.39 is 0 Å². The molecule has 0 rings (SSSR count). The molecule has 0 bridgehead atoms. The highest BCUT2D eigenvalue weighted by molar-refractivity contribution is 14.1. The SMILES string of the molecule is CCCCCC(O)CNI. The van der Waals surface area contributed by atoms with Crippen molar-refractivity contribution >= 4 is 22.9 Å². The fourth-order valence-electron chi connectivity index (χ4n) is 0.821. The molecule has 1 unspecified atom stereocenters. The van der Waals surface area contributed by atoms with Gasteiger partial charge in [-0.3, -0.25) is 3.53 Å². The van der Waals surface area contributed by atoms with E-state index in [2.05, 4.69) is 33.3 Å². The maximum Gasteiger partial charge on any atom is 0.0672 e. The molecule has 0 radical (unpaired) electrons. The lowest BCUT2D eigenvalue weighted by molar-refractivity contribution is 0.167. The van der Waals surface area contributed by atoms with E-state index in [1.165, 1.54) is 12.8 Å². The van der Waals surface area contributed by atoms with Gasteiger partial charge in [-0.25, -0.2) is 0 Å². The molecule has 0 heterocycles. The molecular weight excluding hydrogens is 241 g/mol. The third-order valence-corrected chi connectivity index (χ3v) is 1.89. The molecule has 62 valence electrons. The van der Waals surface area contributed by atoms with Gasteiger partial charge in [-0.1, -0.05) is 26.2 Å². The predicted octanol–water partition coefficient (Wildman–Crippen LogP) is 1.87. The first-order valence-electron chi connectivity index (χ1n) is 3.82. The van der Waals surface area contributed by atoms with Crippen LogP contribution in [0.3, 0.4) is 0 Å². The lowest BCUT2D eigenvalue weighted by atomic mass is 10.1. The van der Waals surface area contributed by atoms with Crippen molar-refractivity contribution in [1.29, 1.82) is 0 Å². The van der Waals surface area contributed by atoms with Gasteiger partial charge >= 0.3 is 0 Å². The Labute approximate surface area is 76.9 Å². The minimum absolute atomic E-state index is 0.150. The average molecular weight is 257 g/mol.